The van der Waals surface area contributed by atoms with Crippen LogP contribution in [0.4, 0.5) is 11.4 Å². The number of fused-ring (bicyclic) bond motifs is 1. The number of ether oxygens (including phenoxy) is 1. The fourth-order valence-electron chi connectivity index (χ4n) is 4.14. The van der Waals surface area contributed by atoms with E-state index in [4.69, 9.17) is 27.2 Å². The highest BCUT2D eigenvalue weighted by molar-refractivity contribution is 9.10. The van der Waals surface area contributed by atoms with Gasteiger partial charge < -0.3 is 15.0 Å². The van der Waals surface area contributed by atoms with Crippen molar-refractivity contribution >= 4 is 61.6 Å². The van der Waals surface area contributed by atoms with Crippen molar-refractivity contribution < 1.29 is 9.53 Å². The summed E-state index contributed by atoms with van der Waals surface area (Å²) in [5.74, 6) is 0.0853. The maximum Gasteiger partial charge on any atom is 0.261 e. The first-order valence-electron chi connectivity index (χ1n) is 11.9. The van der Waals surface area contributed by atoms with E-state index in [-0.39, 0.29) is 11.0 Å². The van der Waals surface area contributed by atoms with Gasteiger partial charge in [0.1, 0.15) is 16.8 Å². The SMILES string of the molecule is CCN(CC)c1ccc(-n2nc3cc(C)c(NC(=S)NC(=O)c4cc(Br)ccc4OC)cc3n2)c(C)c1. The van der Waals surface area contributed by atoms with Gasteiger partial charge in [-0.15, -0.1) is 10.2 Å². The highest BCUT2D eigenvalue weighted by Crippen LogP contribution is 2.26. The maximum atomic E-state index is 12.8. The Bertz CT molecular complexity index is 1480. The van der Waals surface area contributed by atoms with Crippen molar-refractivity contribution in [2.45, 2.75) is 27.7 Å². The average Bonchev–Trinajstić information content (AvgIpc) is 3.27. The number of hydrogen-bond acceptors (Lipinski definition) is 6. The van der Waals surface area contributed by atoms with Gasteiger partial charge in [0.2, 0.25) is 0 Å². The van der Waals surface area contributed by atoms with E-state index in [1.807, 2.05) is 19.1 Å². The van der Waals surface area contributed by atoms with E-state index in [1.165, 1.54) is 12.8 Å². The van der Waals surface area contributed by atoms with Crippen LogP contribution in [0.2, 0.25) is 0 Å². The van der Waals surface area contributed by atoms with Crippen molar-refractivity contribution in [2.75, 3.05) is 30.4 Å². The summed E-state index contributed by atoms with van der Waals surface area (Å²) >= 11 is 8.80. The third-order valence-electron chi connectivity index (χ3n) is 6.13. The van der Waals surface area contributed by atoms with Crippen molar-refractivity contribution in [3.8, 4) is 11.4 Å². The summed E-state index contributed by atoms with van der Waals surface area (Å²) in [7, 11) is 1.52. The zero-order chi connectivity index (χ0) is 26.7. The van der Waals surface area contributed by atoms with Crippen LogP contribution in [0.5, 0.6) is 5.75 Å². The van der Waals surface area contributed by atoms with Crippen LogP contribution >= 0.6 is 28.1 Å². The molecular formula is C27H29BrN6O2S. The van der Waals surface area contributed by atoms with Gasteiger partial charge in [-0.25, -0.2) is 0 Å². The standard InChI is InChI=1S/C27H29BrN6O2S/c1-6-33(7-2)19-9-10-24(17(4)12-19)34-31-22-13-16(3)21(15-23(22)32-34)29-27(37)30-26(35)20-14-18(28)8-11-25(20)36-5/h8-15H,6-7H2,1-5H3,(H2,29,30,35,37). The summed E-state index contributed by atoms with van der Waals surface area (Å²) in [4.78, 5) is 16.8. The highest BCUT2D eigenvalue weighted by Gasteiger charge is 2.16. The number of nitrogens with zero attached hydrogens (tertiary/aromatic N) is 4. The minimum Gasteiger partial charge on any atom is -0.496 e. The maximum absolute atomic E-state index is 12.8. The second-order valence-corrected chi connectivity index (χ2v) is 9.87. The lowest BCUT2D eigenvalue weighted by Crippen LogP contribution is -2.34. The lowest BCUT2D eigenvalue weighted by Gasteiger charge is -2.22. The molecule has 0 aliphatic rings. The summed E-state index contributed by atoms with van der Waals surface area (Å²) in [6.07, 6.45) is 0. The number of hydrogen-bond donors (Lipinski definition) is 2. The molecule has 192 valence electrons. The van der Waals surface area contributed by atoms with E-state index in [1.54, 1.807) is 23.0 Å². The van der Waals surface area contributed by atoms with E-state index >= 15 is 0 Å². The Kier molecular flexibility index (Phi) is 8.09. The molecule has 37 heavy (non-hydrogen) atoms. The Hall–Kier alpha value is -3.50. The number of carbonyl (C=O) groups excluding carboxylic acids is 1. The molecule has 0 radical (unpaired) electrons. The lowest BCUT2D eigenvalue weighted by atomic mass is 10.1. The third kappa shape index (κ3) is 5.75. The molecule has 3 aromatic carbocycles. The van der Waals surface area contributed by atoms with Crippen molar-refractivity contribution in [2.24, 2.45) is 0 Å². The second-order valence-electron chi connectivity index (χ2n) is 8.54. The first-order chi connectivity index (χ1) is 17.7. The zero-order valence-corrected chi connectivity index (χ0v) is 23.8. The van der Waals surface area contributed by atoms with Gasteiger partial charge in [-0.1, -0.05) is 15.9 Å². The summed E-state index contributed by atoms with van der Waals surface area (Å²) in [6.45, 7) is 10.2. The Labute approximate surface area is 230 Å². The van der Waals surface area contributed by atoms with Gasteiger partial charge in [-0.05, 0) is 99.6 Å². The molecule has 8 nitrogen and oxygen atoms in total. The van der Waals surface area contributed by atoms with Crippen LogP contribution < -0.4 is 20.3 Å². The van der Waals surface area contributed by atoms with Crippen LogP contribution in [0.15, 0.2) is 53.0 Å². The van der Waals surface area contributed by atoms with Crippen molar-refractivity contribution in [3.05, 3.63) is 69.7 Å². The highest BCUT2D eigenvalue weighted by atomic mass is 79.9. The van der Waals surface area contributed by atoms with Gasteiger partial charge >= 0.3 is 0 Å². The van der Waals surface area contributed by atoms with Crippen LogP contribution in [0.1, 0.15) is 35.3 Å². The smallest absolute Gasteiger partial charge is 0.261 e. The number of benzene rings is 3. The molecule has 0 bridgehead atoms. The van der Waals surface area contributed by atoms with Crippen molar-refractivity contribution in [3.63, 3.8) is 0 Å². The van der Waals surface area contributed by atoms with Crippen LogP contribution in [0, 0.1) is 13.8 Å². The van der Waals surface area contributed by atoms with Gasteiger partial charge in [0, 0.05) is 28.9 Å². The number of carbonyl (C=O) groups is 1. The Balaban J connectivity index is 1.55. The quantitative estimate of drug-likeness (QED) is 0.268. The fraction of sp³-hybridized carbons (Fsp3) is 0.259. The third-order valence-corrected chi connectivity index (χ3v) is 6.83. The molecule has 10 heteroatoms. The molecule has 1 heterocycles. The molecule has 1 aromatic heterocycles. The van der Waals surface area contributed by atoms with Crippen LogP contribution in [0.25, 0.3) is 16.7 Å². The summed E-state index contributed by atoms with van der Waals surface area (Å²) in [6, 6.07) is 15.3. The van der Waals surface area contributed by atoms with Gasteiger partial charge in [-0.3, -0.25) is 10.1 Å². The molecular weight excluding hydrogens is 552 g/mol. The van der Waals surface area contributed by atoms with Crippen molar-refractivity contribution in [1.29, 1.82) is 0 Å². The normalized spacial score (nSPS) is 10.9. The van der Waals surface area contributed by atoms with Gasteiger partial charge in [0.15, 0.2) is 5.11 Å². The lowest BCUT2D eigenvalue weighted by molar-refractivity contribution is 0.0974. The molecule has 0 saturated heterocycles. The van der Waals surface area contributed by atoms with E-state index in [2.05, 4.69) is 70.4 Å². The topological polar surface area (TPSA) is 84.3 Å². The number of amides is 1. The molecule has 0 atom stereocenters. The predicted octanol–water partition coefficient (Wildman–Crippen LogP) is 5.78. The summed E-state index contributed by atoms with van der Waals surface area (Å²) in [5.41, 5.74) is 6.70. The largest absolute Gasteiger partial charge is 0.496 e. The molecule has 0 aliphatic carbocycles. The zero-order valence-electron chi connectivity index (χ0n) is 21.4. The number of aromatic nitrogens is 3. The van der Waals surface area contributed by atoms with Crippen LogP contribution in [0.3, 0.4) is 0 Å². The molecule has 0 saturated carbocycles. The number of halogens is 1. The first kappa shape index (κ1) is 26.6. The molecule has 1 amide bonds. The van der Waals surface area contributed by atoms with E-state index in [0.29, 0.717) is 16.8 Å². The van der Waals surface area contributed by atoms with Gasteiger partial charge in [0.05, 0.1) is 18.4 Å². The van der Waals surface area contributed by atoms with Gasteiger partial charge in [0.25, 0.3) is 5.91 Å². The number of anilines is 2. The number of nitrogens with one attached hydrogen (secondary N) is 2. The Morgan fingerprint density at radius 1 is 1.03 bits per heavy atom. The predicted molar refractivity (Wildman–Crippen MR) is 156 cm³/mol. The summed E-state index contributed by atoms with van der Waals surface area (Å²) < 4.78 is 6.06. The van der Waals surface area contributed by atoms with Gasteiger partial charge in [-0.2, -0.15) is 4.80 Å². The molecule has 0 unspecified atom stereocenters. The number of thiocarbonyl (C=S) groups is 1. The average molecular weight is 582 g/mol. The Morgan fingerprint density at radius 3 is 2.38 bits per heavy atom. The molecule has 4 rings (SSSR count). The molecule has 4 aromatic rings. The van der Waals surface area contributed by atoms with Crippen LogP contribution in [-0.2, 0) is 0 Å². The fourth-order valence-corrected chi connectivity index (χ4v) is 4.71. The second kappa shape index (κ2) is 11.3. The molecule has 0 fully saturated rings. The van der Waals surface area contributed by atoms with E-state index in [9.17, 15) is 4.79 Å². The Morgan fingerprint density at radius 2 is 1.73 bits per heavy atom. The number of rotatable bonds is 7. The molecule has 2 N–H and O–H groups in total. The number of methoxy groups -OCH3 is 1. The summed E-state index contributed by atoms with van der Waals surface area (Å²) in [5, 5.41) is 15.4. The minimum absolute atomic E-state index is 0.171. The molecule has 0 spiro atoms. The molecule has 0 aliphatic heterocycles. The monoisotopic (exact) mass is 580 g/mol. The van der Waals surface area contributed by atoms with E-state index < -0.39 is 0 Å². The van der Waals surface area contributed by atoms with Crippen LogP contribution in [-0.4, -0.2) is 46.2 Å². The van der Waals surface area contributed by atoms with E-state index in [0.717, 1.165) is 45.6 Å². The number of aryl methyl sites for hydroxylation is 2. The van der Waals surface area contributed by atoms with Crippen molar-refractivity contribution in [1.82, 2.24) is 20.3 Å². The first-order valence-corrected chi connectivity index (χ1v) is 13.1. The minimum atomic E-state index is -0.371.